The van der Waals surface area contributed by atoms with Crippen LogP contribution < -0.4 is 0 Å². The van der Waals surface area contributed by atoms with Crippen molar-refractivity contribution < 1.29 is 14.7 Å². The molecule has 0 atom stereocenters. The van der Waals surface area contributed by atoms with Crippen LogP contribution in [0.2, 0.25) is 0 Å². The largest absolute Gasteiger partial charge is 0.396 e. The molecule has 0 unspecified atom stereocenters. The van der Waals surface area contributed by atoms with Gasteiger partial charge in [-0.25, -0.2) is 0 Å². The second-order valence-electron chi connectivity index (χ2n) is 5.72. The second kappa shape index (κ2) is 4.17. The van der Waals surface area contributed by atoms with Crippen molar-refractivity contribution in [2.45, 2.75) is 26.2 Å². The van der Waals surface area contributed by atoms with Gasteiger partial charge in [0.25, 0.3) is 11.8 Å². The van der Waals surface area contributed by atoms with Gasteiger partial charge >= 0.3 is 0 Å². The minimum Gasteiger partial charge on any atom is -0.396 e. The van der Waals surface area contributed by atoms with Gasteiger partial charge in [0.2, 0.25) is 0 Å². The summed E-state index contributed by atoms with van der Waals surface area (Å²) in [7, 11) is 0. The van der Waals surface area contributed by atoms with Gasteiger partial charge in [-0.3, -0.25) is 14.5 Å². The summed E-state index contributed by atoms with van der Waals surface area (Å²) in [5, 5.41) is 9.07. The van der Waals surface area contributed by atoms with Crippen molar-refractivity contribution in [2.75, 3.05) is 13.2 Å². The van der Waals surface area contributed by atoms with Crippen molar-refractivity contribution in [2.24, 2.45) is 5.41 Å². The highest BCUT2D eigenvalue weighted by molar-refractivity contribution is 6.21. The molecule has 4 heteroatoms. The molecule has 3 rings (SSSR count). The van der Waals surface area contributed by atoms with Crippen LogP contribution in [0.25, 0.3) is 0 Å². The number of fused-ring (bicyclic) bond motifs is 1. The predicted octanol–water partition coefficient (Wildman–Crippen LogP) is 1.75. The quantitative estimate of drug-likeness (QED) is 0.838. The number of benzene rings is 1. The van der Waals surface area contributed by atoms with E-state index in [1.54, 1.807) is 12.1 Å². The number of aliphatic hydroxyl groups is 1. The number of imide groups is 1. The zero-order chi connectivity index (χ0) is 13.6. The molecular formula is C15H17NO3. The monoisotopic (exact) mass is 259 g/mol. The summed E-state index contributed by atoms with van der Waals surface area (Å²) < 4.78 is 0. The predicted molar refractivity (Wildman–Crippen MR) is 69.9 cm³/mol. The molecule has 0 radical (unpaired) electrons. The Morgan fingerprint density at radius 3 is 2.53 bits per heavy atom. The SMILES string of the molecule is Cc1ccc2c(c1)C(=O)N(CC1(CCO)CC1)C2=O. The van der Waals surface area contributed by atoms with Gasteiger partial charge in [-0.2, -0.15) is 0 Å². The first-order chi connectivity index (χ1) is 9.06. The summed E-state index contributed by atoms with van der Waals surface area (Å²) in [6.45, 7) is 2.47. The first-order valence-electron chi connectivity index (χ1n) is 6.64. The van der Waals surface area contributed by atoms with Crippen molar-refractivity contribution in [3.8, 4) is 0 Å². The van der Waals surface area contributed by atoms with Crippen LogP contribution >= 0.6 is 0 Å². The molecule has 19 heavy (non-hydrogen) atoms. The molecule has 1 aromatic carbocycles. The van der Waals surface area contributed by atoms with Crippen LogP contribution in [0.4, 0.5) is 0 Å². The first-order valence-corrected chi connectivity index (χ1v) is 6.64. The minimum atomic E-state index is -0.191. The van der Waals surface area contributed by atoms with Gasteiger partial charge in [-0.1, -0.05) is 11.6 Å². The molecule has 1 aliphatic heterocycles. The number of nitrogens with zero attached hydrogens (tertiary/aromatic N) is 1. The number of carbonyl (C=O) groups is 2. The van der Waals surface area contributed by atoms with E-state index in [4.69, 9.17) is 5.11 Å². The molecule has 0 aromatic heterocycles. The average molecular weight is 259 g/mol. The zero-order valence-corrected chi connectivity index (χ0v) is 11.0. The van der Waals surface area contributed by atoms with E-state index in [1.807, 2.05) is 13.0 Å². The molecule has 0 bridgehead atoms. The molecule has 1 aromatic rings. The number of aliphatic hydroxyl groups excluding tert-OH is 1. The fraction of sp³-hybridized carbons (Fsp3) is 0.467. The third kappa shape index (κ3) is 1.96. The van der Waals surface area contributed by atoms with E-state index < -0.39 is 0 Å². The molecular weight excluding hydrogens is 242 g/mol. The van der Waals surface area contributed by atoms with Crippen molar-refractivity contribution in [3.05, 3.63) is 34.9 Å². The number of amides is 2. The summed E-state index contributed by atoms with van der Waals surface area (Å²) in [6.07, 6.45) is 2.64. The van der Waals surface area contributed by atoms with Crippen LogP contribution in [0.1, 0.15) is 45.5 Å². The van der Waals surface area contributed by atoms with Crippen LogP contribution in [-0.2, 0) is 0 Å². The smallest absolute Gasteiger partial charge is 0.261 e. The van der Waals surface area contributed by atoms with Gasteiger partial charge in [0.1, 0.15) is 0 Å². The Labute approximate surface area is 112 Å². The Hall–Kier alpha value is -1.68. The number of aryl methyl sites for hydroxylation is 1. The van der Waals surface area contributed by atoms with Gasteiger partial charge in [0.15, 0.2) is 0 Å². The molecule has 1 aliphatic carbocycles. The van der Waals surface area contributed by atoms with Crippen molar-refractivity contribution in [1.29, 1.82) is 0 Å². The third-order valence-corrected chi connectivity index (χ3v) is 4.22. The highest BCUT2D eigenvalue weighted by atomic mass is 16.3. The number of hydrogen-bond acceptors (Lipinski definition) is 3. The summed E-state index contributed by atoms with van der Waals surface area (Å²) in [5.74, 6) is -0.378. The summed E-state index contributed by atoms with van der Waals surface area (Å²) in [6, 6.07) is 5.37. The highest BCUT2D eigenvalue weighted by Crippen LogP contribution is 2.49. The fourth-order valence-electron chi connectivity index (χ4n) is 2.78. The lowest BCUT2D eigenvalue weighted by atomic mass is 10.0. The maximum absolute atomic E-state index is 12.3. The third-order valence-electron chi connectivity index (χ3n) is 4.22. The van der Waals surface area contributed by atoms with Crippen molar-refractivity contribution in [3.63, 3.8) is 0 Å². The number of hydrogen-bond donors (Lipinski definition) is 1. The van der Waals surface area contributed by atoms with Crippen LogP contribution in [-0.4, -0.2) is 35.0 Å². The van der Waals surface area contributed by atoms with Crippen molar-refractivity contribution in [1.82, 2.24) is 4.90 Å². The molecule has 1 fully saturated rings. The molecule has 2 aliphatic rings. The highest BCUT2D eigenvalue weighted by Gasteiger charge is 2.47. The lowest BCUT2D eigenvalue weighted by molar-refractivity contribution is 0.0608. The standard InChI is InChI=1S/C15H17NO3/c1-10-2-3-11-12(8-10)14(19)16(13(11)18)9-15(4-5-15)6-7-17/h2-3,8,17H,4-7,9H2,1H3. The fourth-order valence-corrected chi connectivity index (χ4v) is 2.78. The van der Waals surface area contributed by atoms with E-state index in [-0.39, 0.29) is 23.8 Å². The maximum atomic E-state index is 12.3. The second-order valence-corrected chi connectivity index (χ2v) is 5.72. The van der Waals surface area contributed by atoms with E-state index in [0.717, 1.165) is 18.4 Å². The van der Waals surface area contributed by atoms with Crippen LogP contribution in [0.3, 0.4) is 0 Å². The molecule has 2 amide bonds. The van der Waals surface area contributed by atoms with Gasteiger partial charge in [0, 0.05) is 13.2 Å². The maximum Gasteiger partial charge on any atom is 0.261 e. The van der Waals surface area contributed by atoms with E-state index in [1.165, 1.54) is 4.90 Å². The Morgan fingerprint density at radius 2 is 1.89 bits per heavy atom. The average Bonchev–Trinajstić information content (AvgIpc) is 3.10. The molecule has 0 spiro atoms. The Bertz CT molecular complexity index is 561. The van der Waals surface area contributed by atoms with Crippen LogP contribution in [0, 0.1) is 12.3 Å². The van der Waals surface area contributed by atoms with Crippen LogP contribution in [0.15, 0.2) is 18.2 Å². The molecule has 0 saturated heterocycles. The lowest BCUT2D eigenvalue weighted by Crippen LogP contribution is -2.35. The van der Waals surface area contributed by atoms with E-state index in [0.29, 0.717) is 24.1 Å². The molecule has 1 saturated carbocycles. The Balaban J connectivity index is 1.86. The first kappa shape index (κ1) is 12.4. The van der Waals surface area contributed by atoms with Crippen molar-refractivity contribution >= 4 is 11.8 Å². The Morgan fingerprint density at radius 1 is 1.21 bits per heavy atom. The molecule has 1 heterocycles. The van der Waals surface area contributed by atoms with E-state index in [2.05, 4.69) is 0 Å². The number of rotatable bonds is 4. The van der Waals surface area contributed by atoms with E-state index in [9.17, 15) is 9.59 Å². The molecule has 100 valence electrons. The minimum absolute atomic E-state index is 0.0306. The summed E-state index contributed by atoms with van der Waals surface area (Å²) in [4.78, 5) is 25.9. The Kier molecular flexibility index (Phi) is 2.71. The molecule has 1 N–H and O–H groups in total. The summed E-state index contributed by atoms with van der Waals surface area (Å²) >= 11 is 0. The molecule has 4 nitrogen and oxygen atoms in total. The lowest BCUT2D eigenvalue weighted by Gasteiger charge is -2.21. The number of carbonyl (C=O) groups excluding carboxylic acids is 2. The van der Waals surface area contributed by atoms with Crippen LogP contribution in [0.5, 0.6) is 0 Å². The van der Waals surface area contributed by atoms with Gasteiger partial charge in [-0.15, -0.1) is 0 Å². The normalized spacial score (nSPS) is 19.8. The zero-order valence-electron chi connectivity index (χ0n) is 11.0. The topological polar surface area (TPSA) is 57.6 Å². The summed E-state index contributed by atoms with van der Waals surface area (Å²) in [5.41, 5.74) is 1.98. The van der Waals surface area contributed by atoms with E-state index >= 15 is 0 Å². The van der Waals surface area contributed by atoms with Gasteiger partial charge in [-0.05, 0) is 43.7 Å². The van der Waals surface area contributed by atoms with Gasteiger partial charge in [0.05, 0.1) is 11.1 Å². The van der Waals surface area contributed by atoms with Gasteiger partial charge < -0.3 is 5.11 Å².